The number of halogens is 1. The van der Waals surface area contributed by atoms with E-state index < -0.39 is 11.9 Å². The van der Waals surface area contributed by atoms with Gasteiger partial charge in [-0.15, -0.1) is 0 Å². The largest absolute Gasteiger partial charge is 0.478 e. The van der Waals surface area contributed by atoms with Gasteiger partial charge in [-0.25, -0.2) is 14.5 Å². The van der Waals surface area contributed by atoms with E-state index in [-0.39, 0.29) is 5.56 Å². The molecule has 4 rings (SSSR count). The molecule has 0 amide bonds. The minimum atomic E-state index is -1.04. The lowest BCUT2D eigenvalue weighted by atomic mass is 10.0. The molecule has 0 spiro atoms. The molecular formula is C24H22FN5O2. The summed E-state index contributed by atoms with van der Waals surface area (Å²) in [4.78, 5) is 19.9. The summed E-state index contributed by atoms with van der Waals surface area (Å²) in [5.74, 6) is -1.07. The van der Waals surface area contributed by atoms with E-state index in [1.807, 2.05) is 32.9 Å². The van der Waals surface area contributed by atoms with Crippen LogP contribution in [-0.2, 0) is 6.42 Å². The molecule has 0 bridgehead atoms. The van der Waals surface area contributed by atoms with Crippen LogP contribution in [0.15, 0.2) is 55.0 Å². The third-order valence-electron chi connectivity index (χ3n) is 5.21. The Labute approximate surface area is 184 Å². The number of hydrogen-bond donors (Lipinski definition) is 2. The number of nitrogens with zero attached hydrogens (tertiary/aromatic N) is 4. The monoisotopic (exact) mass is 431 g/mol. The summed E-state index contributed by atoms with van der Waals surface area (Å²) in [6, 6.07) is 9.98. The lowest BCUT2D eigenvalue weighted by Gasteiger charge is -2.15. The number of hydrogen-bond acceptors (Lipinski definition) is 5. The smallest absolute Gasteiger partial charge is 0.337 e. The van der Waals surface area contributed by atoms with Gasteiger partial charge in [0.2, 0.25) is 5.95 Å². The topological polar surface area (TPSA) is 92.9 Å². The van der Waals surface area contributed by atoms with Crippen LogP contribution in [0.25, 0.3) is 16.8 Å². The normalized spacial score (nSPS) is 10.9. The molecule has 7 nitrogen and oxygen atoms in total. The summed E-state index contributed by atoms with van der Waals surface area (Å²) >= 11 is 0. The van der Waals surface area contributed by atoms with E-state index in [0.717, 1.165) is 28.1 Å². The molecule has 3 aromatic heterocycles. The van der Waals surface area contributed by atoms with Gasteiger partial charge in [-0.1, -0.05) is 18.6 Å². The Morgan fingerprint density at radius 3 is 2.62 bits per heavy atom. The van der Waals surface area contributed by atoms with Crippen molar-refractivity contribution >= 4 is 17.5 Å². The van der Waals surface area contributed by atoms with Crippen molar-refractivity contribution < 1.29 is 14.3 Å². The molecule has 3 heterocycles. The molecular weight excluding hydrogens is 409 g/mol. The van der Waals surface area contributed by atoms with Gasteiger partial charge in [0, 0.05) is 23.5 Å². The summed E-state index contributed by atoms with van der Waals surface area (Å²) in [7, 11) is 0. The van der Waals surface area contributed by atoms with E-state index in [0.29, 0.717) is 23.5 Å². The fourth-order valence-electron chi connectivity index (χ4n) is 3.58. The summed E-state index contributed by atoms with van der Waals surface area (Å²) in [5, 5.41) is 17.8. The van der Waals surface area contributed by atoms with E-state index in [4.69, 9.17) is 5.10 Å². The third kappa shape index (κ3) is 3.94. The Balaban J connectivity index is 1.99. The van der Waals surface area contributed by atoms with Gasteiger partial charge in [0.1, 0.15) is 5.82 Å². The number of pyridine rings is 2. The number of carboxylic acid groups (broad SMARTS) is 1. The molecule has 0 aliphatic carbocycles. The van der Waals surface area contributed by atoms with Crippen LogP contribution in [0.2, 0.25) is 0 Å². The van der Waals surface area contributed by atoms with Crippen molar-refractivity contribution in [1.82, 2.24) is 19.7 Å². The zero-order valence-corrected chi connectivity index (χ0v) is 17.9. The lowest BCUT2D eigenvalue weighted by molar-refractivity contribution is 0.0698. The number of carboxylic acids is 1. The lowest BCUT2D eigenvalue weighted by Crippen LogP contribution is -2.08. The van der Waals surface area contributed by atoms with Gasteiger partial charge < -0.3 is 10.4 Å². The summed E-state index contributed by atoms with van der Waals surface area (Å²) in [6.45, 7) is 5.76. The first-order valence-corrected chi connectivity index (χ1v) is 10.1. The van der Waals surface area contributed by atoms with Crippen LogP contribution < -0.4 is 5.32 Å². The quantitative estimate of drug-likeness (QED) is 0.413. The van der Waals surface area contributed by atoms with E-state index in [2.05, 4.69) is 15.3 Å². The van der Waals surface area contributed by atoms with Crippen LogP contribution in [0.3, 0.4) is 0 Å². The van der Waals surface area contributed by atoms with Gasteiger partial charge >= 0.3 is 5.97 Å². The first-order chi connectivity index (χ1) is 15.4. The van der Waals surface area contributed by atoms with Crippen molar-refractivity contribution in [3.05, 3.63) is 83.3 Å². The molecule has 2 N–H and O–H groups in total. The highest BCUT2D eigenvalue weighted by Crippen LogP contribution is 2.37. The zero-order valence-electron chi connectivity index (χ0n) is 17.9. The molecule has 4 aromatic rings. The molecule has 0 aliphatic heterocycles. The van der Waals surface area contributed by atoms with E-state index in [1.165, 1.54) is 12.3 Å². The van der Waals surface area contributed by atoms with E-state index in [1.54, 1.807) is 35.3 Å². The maximum absolute atomic E-state index is 13.5. The van der Waals surface area contributed by atoms with Crippen molar-refractivity contribution in [1.29, 1.82) is 0 Å². The highest BCUT2D eigenvalue weighted by atomic mass is 19.1. The SMILES string of the molecule is CCc1nn(-c2cnccc2C)c(Nc2ccc(C)cc2C(=O)O)c1-c1ccc(F)nc1. The first kappa shape index (κ1) is 21.2. The molecule has 32 heavy (non-hydrogen) atoms. The van der Waals surface area contributed by atoms with E-state index in [9.17, 15) is 14.3 Å². The molecule has 0 atom stereocenters. The number of aromatic carboxylic acids is 1. The molecule has 0 saturated carbocycles. The number of aromatic nitrogens is 4. The fourth-order valence-corrected chi connectivity index (χ4v) is 3.58. The number of rotatable bonds is 6. The Morgan fingerprint density at radius 2 is 1.97 bits per heavy atom. The van der Waals surface area contributed by atoms with Crippen molar-refractivity contribution in [2.75, 3.05) is 5.32 Å². The number of benzene rings is 1. The van der Waals surface area contributed by atoms with Gasteiger partial charge in [-0.2, -0.15) is 9.49 Å². The summed E-state index contributed by atoms with van der Waals surface area (Å²) in [5.41, 5.74) is 5.23. The highest BCUT2D eigenvalue weighted by Gasteiger charge is 2.23. The van der Waals surface area contributed by atoms with Crippen molar-refractivity contribution in [3.63, 3.8) is 0 Å². The zero-order chi connectivity index (χ0) is 22.8. The van der Waals surface area contributed by atoms with Gasteiger partial charge in [-0.05, 0) is 56.2 Å². The Bertz CT molecular complexity index is 1300. The second-order valence-corrected chi connectivity index (χ2v) is 7.45. The molecule has 0 radical (unpaired) electrons. The second-order valence-electron chi connectivity index (χ2n) is 7.45. The maximum Gasteiger partial charge on any atom is 0.337 e. The van der Waals surface area contributed by atoms with Crippen LogP contribution in [0, 0.1) is 19.8 Å². The highest BCUT2D eigenvalue weighted by molar-refractivity contribution is 5.96. The Hall–Kier alpha value is -4.07. The average Bonchev–Trinajstić information content (AvgIpc) is 3.13. The number of carbonyl (C=O) groups is 1. The van der Waals surface area contributed by atoms with Gasteiger partial charge in [0.05, 0.1) is 28.8 Å². The minimum absolute atomic E-state index is 0.141. The fraction of sp³-hybridized carbons (Fsp3) is 0.167. The third-order valence-corrected chi connectivity index (χ3v) is 5.21. The van der Waals surface area contributed by atoms with Gasteiger partial charge in [-0.3, -0.25) is 4.98 Å². The van der Waals surface area contributed by atoms with E-state index >= 15 is 0 Å². The van der Waals surface area contributed by atoms with Crippen LogP contribution in [-0.4, -0.2) is 30.8 Å². The van der Waals surface area contributed by atoms with Crippen molar-refractivity contribution in [2.24, 2.45) is 0 Å². The first-order valence-electron chi connectivity index (χ1n) is 10.1. The second kappa shape index (κ2) is 8.58. The molecule has 0 unspecified atom stereocenters. The van der Waals surface area contributed by atoms with Crippen LogP contribution in [0.4, 0.5) is 15.9 Å². The van der Waals surface area contributed by atoms with Gasteiger partial charge in [0.15, 0.2) is 0 Å². The van der Waals surface area contributed by atoms with Crippen molar-refractivity contribution in [3.8, 4) is 16.8 Å². The van der Waals surface area contributed by atoms with Crippen LogP contribution in [0.5, 0.6) is 0 Å². The number of nitrogens with one attached hydrogen (secondary N) is 1. The van der Waals surface area contributed by atoms with Crippen LogP contribution >= 0.6 is 0 Å². The Kier molecular flexibility index (Phi) is 5.68. The molecule has 0 fully saturated rings. The molecule has 162 valence electrons. The summed E-state index contributed by atoms with van der Waals surface area (Å²) < 4.78 is 15.2. The maximum atomic E-state index is 13.5. The predicted octanol–water partition coefficient (Wildman–Crippen LogP) is 5.09. The summed E-state index contributed by atoms with van der Waals surface area (Å²) in [6.07, 6.45) is 5.45. The molecule has 0 aliphatic rings. The van der Waals surface area contributed by atoms with Gasteiger partial charge in [0.25, 0.3) is 0 Å². The average molecular weight is 431 g/mol. The molecule has 1 aromatic carbocycles. The minimum Gasteiger partial charge on any atom is -0.478 e. The molecule has 0 saturated heterocycles. The standard InChI is InChI=1S/C24H22FN5O2/c1-4-18-22(16-6-8-21(25)27-12-16)23(30(29-18)20-13-26-10-9-15(20)3)28-19-7-5-14(2)11-17(19)24(31)32/h5-13,28H,4H2,1-3H3,(H,31,32). The number of aryl methyl sites for hydroxylation is 3. The number of anilines is 2. The molecule has 8 heteroatoms. The Morgan fingerprint density at radius 1 is 1.16 bits per heavy atom. The van der Waals surface area contributed by atoms with Crippen molar-refractivity contribution in [2.45, 2.75) is 27.2 Å². The van der Waals surface area contributed by atoms with Crippen LogP contribution in [0.1, 0.15) is 34.1 Å². The predicted molar refractivity (Wildman–Crippen MR) is 120 cm³/mol.